The fraction of sp³-hybridized carbons (Fsp3) is 0.949. The van der Waals surface area contributed by atoms with Gasteiger partial charge in [0.2, 0.25) is 5.91 Å². The van der Waals surface area contributed by atoms with Crippen molar-refractivity contribution < 1.29 is 24.5 Å². The molecule has 506 valence electrons. The number of aliphatic hydroxyl groups is 2. The Labute approximate surface area is 533 Å². The van der Waals surface area contributed by atoms with Gasteiger partial charge in [-0.3, -0.25) is 9.59 Å². The number of carbonyl (C=O) groups is 2. The molecule has 0 rings (SSSR count). The summed E-state index contributed by atoms with van der Waals surface area (Å²) in [6.45, 7) is 5.01. The second kappa shape index (κ2) is 75.1. The minimum absolute atomic E-state index is 0.0199. The molecule has 0 aromatic rings. The average molecular weight is 1200 g/mol. The molecule has 0 bridgehead atoms. The van der Waals surface area contributed by atoms with Gasteiger partial charge in [-0.1, -0.05) is 405 Å². The minimum Gasteiger partial charge on any atom is -0.466 e. The summed E-state index contributed by atoms with van der Waals surface area (Å²) in [6, 6.07) is -0.545. The molecule has 6 heteroatoms. The summed E-state index contributed by atoms with van der Waals surface area (Å²) < 4.78 is 5.52. The van der Waals surface area contributed by atoms with Gasteiger partial charge in [-0.2, -0.15) is 0 Å². The van der Waals surface area contributed by atoms with Crippen molar-refractivity contribution in [3.8, 4) is 0 Å². The Morgan fingerprint density at radius 2 is 0.553 bits per heavy atom. The molecule has 0 saturated carbocycles. The van der Waals surface area contributed by atoms with Crippen molar-refractivity contribution in [2.24, 2.45) is 0 Å². The number of amides is 1. The van der Waals surface area contributed by atoms with E-state index in [2.05, 4.69) is 31.3 Å². The highest BCUT2D eigenvalue weighted by molar-refractivity contribution is 5.76. The maximum absolute atomic E-state index is 12.6. The van der Waals surface area contributed by atoms with Gasteiger partial charge in [0, 0.05) is 12.8 Å². The number of ether oxygens (including phenoxy) is 1. The molecule has 0 aliphatic carbocycles. The Kier molecular flexibility index (Phi) is 73.8. The molecule has 0 radical (unpaired) electrons. The number of carbonyl (C=O) groups excluding carboxylic acids is 2. The Hall–Kier alpha value is -1.40. The molecule has 0 aliphatic heterocycles. The third-order valence-corrected chi connectivity index (χ3v) is 18.8. The van der Waals surface area contributed by atoms with Crippen LogP contribution in [0.25, 0.3) is 0 Å². The summed E-state index contributed by atoms with van der Waals surface area (Å²) in [5, 5.41) is 23.5. The van der Waals surface area contributed by atoms with Crippen molar-refractivity contribution >= 4 is 11.9 Å². The summed E-state index contributed by atoms with van der Waals surface area (Å²) in [6.07, 6.45) is 94.4. The largest absolute Gasteiger partial charge is 0.466 e. The van der Waals surface area contributed by atoms with E-state index in [0.29, 0.717) is 25.9 Å². The van der Waals surface area contributed by atoms with Gasteiger partial charge in [-0.25, -0.2) is 0 Å². The third kappa shape index (κ3) is 71.6. The fourth-order valence-corrected chi connectivity index (χ4v) is 12.8. The van der Waals surface area contributed by atoms with Crippen molar-refractivity contribution in [2.45, 2.75) is 469 Å². The highest BCUT2D eigenvalue weighted by Gasteiger charge is 2.20. The van der Waals surface area contributed by atoms with Crippen LogP contribution < -0.4 is 5.32 Å². The van der Waals surface area contributed by atoms with Crippen LogP contribution in [-0.2, 0) is 14.3 Å². The number of hydrogen-bond donors (Lipinski definition) is 3. The molecular weight excluding hydrogens is 1040 g/mol. The van der Waals surface area contributed by atoms with Gasteiger partial charge in [0.25, 0.3) is 0 Å². The molecule has 0 aromatic heterocycles. The molecule has 1 amide bonds. The molecule has 6 nitrogen and oxygen atoms in total. The Bertz CT molecular complexity index is 1290. The van der Waals surface area contributed by atoms with Crippen molar-refractivity contribution in [3.63, 3.8) is 0 Å². The van der Waals surface area contributed by atoms with E-state index < -0.39 is 12.1 Å². The Morgan fingerprint density at radius 3 is 0.835 bits per heavy atom. The van der Waals surface area contributed by atoms with Crippen molar-refractivity contribution in [1.82, 2.24) is 5.32 Å². The number of allylic oxidation sites excluding steroid dienone is 2. The normalized spacial score (nSPS) is 12.5. The molecule has 2 atom stereocenters. The lowest BCUT2D eigenvalue weighted by Crippen LogP contribution is -2.45. The molecule has 3 N–H and O–H groups in total. The quantitative estimate of drug-likeness (QED) is 0.0320. The monoisotopic (exact) mass is 1200 g/mol. The van der Waals surface area contributed by atoms with Crippen LogP contribution in [0.2, 0.25) is 0 Å². The van der Waals surface area contributed by atoms with Crippen LogP contribution in [0.3, 0.4) is 0 Å². The van der Waals surface area contributed by atoms with Crippen molar-refractivity contribution in [3.05, 3.63) is 12.2 Å². The lowest BCUT2D eigenvalue weighted by molar-refractivity contribution is -0.143. The van der Waals surface area contributed by atoms with Crippen LogP contribution in [-0.4, -0.2) is 47.4 Å². The van der Waals surface area contributed by atoms with Crippen LogP contribution in [0.4, 0.5) is 0 Å². The maximum atomic E-state index is 12.6. The van der Waals surface area contributed by atoms with Gasteiger partial charge in [0.1, 0.15) is 0 Å². The second-order valence-electron chi connectivity index (χ2n) is 27.4. The lowest BCUT2D eigenvalue weighted by Gasteiger charge is -2.22. The third-order valence-electron chi connectivity index (χ3n) is 18.8. The zero-order chi connectivity index (χ0) is 61.3. The molecule has 0 heterocycles. The molecule has 0 spiro atoms. The average Bonchev–Trinajstić information content (AvgIpc) is 3.51. The molecular formula is C79H155NO5. The van der Waals surface area contributed by atoms with E-state index >= 15 is 0 Å². The molecule has 0 aliphatic rings. The van der Waals surface area contributed by atoms with Crippen LogP contribution in [0, 0.1) is 0 Å². The van der Waals surface area contributed by atoms with Gasteiger partial charge in [-0.15, -0.1) is 0 Å². The standard InChI is InChI=1S/C79H155NO5/c1-3-5-7-9-11-13-15-17-19-21-23-24-25-29-32-36-39-43-47-51-55-59-63-67-71-77(82)76(75-81)80-78(83)72-68-64-60-56-52-48-44-40-37-33-30-27-26-28-31-34-38-42-46-50-54-58-62-66-70-74-85-79(84)73-69-65-61-57-53-49-45-41-35-22-20-18-16-14-12-10-8-6-4-2/h27,30,76-77,81-82H,3-26,28-29,31-75H2,1-2H3,(H,80,83)/b30-27-. The zero-order valence-electron chi connectivity index (χ0n) is 58.1. The minimum atomic E-state index is -0.667. The van der Waals surface area contributed by atoms with Crippen LogP contribution >= 0.6 is 0 Å². The first kappa shape index (κ1) is 83.6. The highest BCUT2D eigenvalue weighted by atomic mass is 16.5. The van der Waals surface area contributed by atoms with E-state index in [1.165, 1.54) is 385 Å². The number of aliphatic hydroxyl groups excluding tert-OH is 2. The predicted molar refractivity (Wildman–Crippen MR) is 375 cm³/mol. The number of unbranched alkanes of at least 4 members (excludes halogenated alkanes) is 62. The number of nitrogens with one attached hydrogen (secondary N) is 1. The topological polar surface area (TPSA) is 95.9 Å². The second-order valence-corrected chi connectivity index (χ2v) is 27.4. The van der Waals surface area contributed by atoms with E-state index in [1.54, 1.807) is 0 Å². The molecule has 85 heavy (non-hydrogen) atoms. The van der Waals surface area contributed by atoms with E-state index in [9.17, 15) is 19.8 Å². The van der Waals surface area contributed by atoms with E-state index in [0.717, 1.165) is 38.5 Å². The SMILES string of the molecule is CCCCCCCCCCCCCCCCCCCCCCCCCCC(O)C(CO)NC(=O)CCCCCCCCCCC/C=C\CCCCCCCCCCCCCCOC(=O)CCCCCCCCCCCCCCCCCCCCC. The fourth-order valence-electron chi connectivity index (χ4n) is 12.8. The summed E-state index contributed by atoms with van der Waals surface area (Å²) in [5.74, 6) is -0.0122. The van der Waals surface area contributed by atoms with E-state index in [4.69, 9.17) is 4.74 Å². The van der Waals surface area contributed by atoms with Gasteiger partial charge >= 0.3 is 5.97 Å². The Balaban J connectivity index is 3.37. The highest BCUT2D eigenvalue weighted by Crippen LogP contribution is 2.20. The van der Waals surface area contributed by atoms with Gasteiger partial charge in [-0.05, 0) is 51.4 Å². The predicted octanol–water partition coefficient (Wildman–Crippen LogP) is 25.9. The van der Waals surface area contributed by atoms with Gasteiger partial charge < -0.3 is 20.3 Å². The molecule has 0 aromatic carbocycles. The van der Waals surface area contributed by atoms with Crippen LogP contribution in [0.5, 0.6) is 0 Å². The van der Waals surface area contributed by atoms with E-state index in [1.807, 2.05) is 0 Å². The maximum Gasteiger partial charge on any atom is 0.305 e. The Morgan fingerprint density at radius 1 is 0.318 bits per heavy atom. The summed E-state index contributed by atoms with van der Waals surface area (Å²) in [7, 11) is 0. The smallest absolute Gasteiger partial charge is 0.305 e. The van der Waals surface area contributed by atoms with E-state index in [-0.39, 0.29) is 18.5 Å². The summed E-state index contributed by atoms with van der Waals surface area (Å²) >= 11 is 0. The number of hydrogen-bond acceptors (Lipinski definition) is 5. The lowest BCUT2D eigenvalue weighted by atomic mass is 10.0. The van der Waals surface area contributed by atoms with Crippen molar-refractivity contribution in [1.29, 1.82) is 0 Å². The molecule has 0 fully saturated rings. The first-order valence-electron chi connectivity index (χ1n) is 39.4. The van der Waals surface area contributed by atoms with Crippen molar-refractivity contribution in [2.75, 3.05) is 13.2 Å². The van der Waals surface area contributed by atoms with Crippen LogP contribution in [0.1, 0.15) is 457 Å². The van der Waals surface area contributed by atoms with Crippen LogP contribution in [0.15, 0.2) is 12.2 Å². The zero-order valence-corrected chi connectivity index (χ0v) is 58.1. The first-order valence-corrected chi connectivity index (χ1v) is 39.4. The van der Waals surface area contributed by atoms with Gasteiger partial charge in [0.05, 0.1) is 25.4 Å². The number of esters is 1. The molecule has 0 saturated heterocycles. The first-order chi connectivity index (χ1) is 42.0. The summed E-state index contributed by atoms with van der Waals surface area (Å²) in [5.41, 5.74) is 0. The van der Waals surface area contributed by atoms with Gasteiger partial charge in [0.15, 0.2) is 0 Å². The molecule has 2 unspecified atom stereocenters. The number of rotatable bonds is 75. The summed E-state index contributed by atoms with van der Waals surface area (Å²) in [4.78, 5) is 24.7.